The zero-order valence-electron chi connectivity index (χ0n) is 11.6. The summed E-state index contributed by atoms with van der Waals surface area (Å²) >= 11 is 0. The fraction of sp³-hybridized carbons (Fsp3) is 0.286. The molecule has 22 heavy (non-hydrogen) atoms. The van der Waals surface area contributed by atoms with Crippen LogP contribution in [-0.4, -0.2) is 42.0 Å². The van der Waals surface area contributed by atoms with Gasteiger partial charge >= 0.3 is 6.09 Å². The first kappa shape index (κ1) is 15.3. The zero-order valence-corrected chi connectivity index (χ0v) is 11.6. The van der Waals surface area contributed by atoms with Crippen molar-refractivity contribution in [1.29, 1.82) is 5.26 Å². The summed E-state index contributed by atoms with van der Waals surface area (Å²) < 4.78 is 4.88. The number of hydrogen-bond donors (Lipinski definition) is 2. The van der Waals surface area contributed by atoms with E-state index in [2.05, 4.69) is 5.32 Å². The van der Waals surface area contributed by atoms with E-state index in [1.807, 2.05) is 6.07 Å². The lowest BCUT2D eigenvalue weighted by Crippen LogP contribution is -2.47. The van der Waals surface area contributed by atoms with Crippen molar-refractivity contribution >= 4 is 17.9 Å². The smallest absolute Gasteiger partial charge is 0.410 e. The normalized spacial score (nSPS) is 16.8. The molecule has 0 aromatic heterocycles. The molecule has 1 atom stereocenters. The van der Waals surface area contributed by atoms with Gasteiger partial charge in [-0.25, -0.2) is 4.79 Å². The van der Waals surface area contributed by atoms with Gasteiger partial charge in [-0.2, -0.15) is 5.26 Å². The first-order valence-electron chi connectivity index (χ1n) is 6.49. The molecule has 8 nitrogen and oxygen atoms in total. The molecule has 1 aliphatic rings. The van der Waals surface area contributed by atoms with Crippen LogP contribution >= 0.6 is 0 Å². The predicted molar refractivity (Wildman–Crippen MR) is 74.0 cm³/mol. The number of rotatable bonds is 5. The molecule has 1 aromatic rings. The lowest BCUT2D eigenvalue weighted by atomic mass is 10.1. The van der Waals surface area contributed by atoms with Gasteiger partial charge in [0.1, 0.15) is 12.6 Å². The van der Waals surface area contributed by atoms with E-state index in [9.17, 15) is 14.4 Å². The number of nitrogens with one attached hydrogen (secondary N) is 1. The van der Waals surface area contributed by atoms with Crippen molar-refractivity contribution in [1.82, 2.24) is 10.2 Å². The van der Waals surface area contributed by atoms with Crippen molar-refractivity contribution in [3.8, 4) is 6.07 Å². The van der Waals surface area contributed by atoms with Crippen molar-refractivity contribution < 1.29 is 19.1 Å². The van der Waals surface area contributed by atoms with Crippen LogP contribution in [0.2, 0.25) is 0 Å². The molecule has 8 heteroatoms. The number of benzene rings is 1. The SMILES string of the molecule is N#Cc1cccc(CN2C(=O)OC[C@H]2C(=O)NCC(N)=O)c1. The third kappa shape index (κ3) is 3.52. The largest absolute Gasteiger partial charge is 0.447 e. The van der Waals surface area contributed by atoms with Crippen LogP contribution in [0.15, 0.2) is 24.3 Å². The standard InChI is InChI=1S/C14H14N4O4/c15-5-9-2-1-3-10(4-9)7-18-11(8-22-14(18)21)13(20)17-6-12(16)19/h1-4,11H,6-8H2,(H2,16,19)(H,17,20)/t11-/m0/s1. The lowest BCUT2D eigenvalue weighted by Gasteiger charge is -2.20. The van der Waals surface area contributed by atoms with Crippen molar-refractivity contribution in [2.75, 3.05) is 13.2 Å². The zero-order chi connectivity index (χ0) is 16.1. The van der Waals surface area contributed by atoms with Gasteiger partial charge in [0.05, 0.1) is 24.7 Å². The summed E-state index contributed by atoms with van der Waals surface area (Å²) in [6.07, 6.45) is -0.624. The molecule has 0 unspecified atom stereocenters. The summed E-state index contributed by atoms with van der Waals surface area (Å²) in [5, 5.41) is 11.2. The minimum atomic E-state index is -0.836. The van der Waals surface area contributed by atoms with Gasteiger partial charge in [-0.1, -0.05) is 12.1 Å². The molecular weight excluding hydrogens is 288 g/mol. The molecule has 1 fully saturated rings. The second kappa shape index (κ2) is 6.58. The maximum atomic E-state index is 12.0. The van der Waals surface area contributed by atoms with E-state index in [0.717, 1.165) is 0 Å². The quantitative estimate of drug-likeness (QED) is 0.757. The van der Waals surface area contributed by atoms with Gasteiger partial charge in [-0.3, -0.25) is 14.5 Å². The Balaban J connectivity index is 2.09. The number of hydrogen-bond acceptors (Lipinski definition) is 5. The molecule has 0 radical (unpaired) electrons. The summed E-state index contributed by atoms with van der Waals surface area (Å²) in [7, 11) is 0. The number of ether oxygens (including phenoxy) is 1. The van der Waals surface area contributed by atoms with Crippen LogP contribution in [0.5, 0.6) is 0 Å². The number of cyclic esters (lactones) is 1. The average Bonchev–Trinajstić information content (AvgIpc) is 2.86. The molecule has 1 aromatic carbocycles. The minimum Gasteiger partial charge on any atom is -0.447 e. The lowest BCUT2D eigenvalue weighted by molar-refractivity contribution is -0.127. The minimum absolute atomic E-state index is 0.0959. The topological polar surface area (TPSA) is 126 Å². The van der Waals surface area contributed by atoms with Crippen LogP contribution in [0.3, 0.4) is 0 Å². The highest BCUT2D eigenvalue weighted by molar-refractivity contribution is 5.90. The summed E-state index contributed by atoms with van der Waals surface area (Å²) in [5.41, 5.74) is 6.12. The Morgan fingerprint density at radius 1 is 1.50 bits per heavy atom. The van der Waals surface area contributed by atoms with Crippen molar-refractivity contribution in [2.45, 2.75) is 12.6 Å². The molecule has 0 aliphatic carbocycles. The molecule has 1 aliphatic heterocycles. The first-order valence-corrected chi connectivity index (χ1v) is 6.49. The Labute approximate surface area is 126 Å². The van der Waals surface area contributed by atoms with Crippen LogP contribution < -0.4 is 11.1 Å². The van der Waals surface area contributed by atoms with Gasteiger partial charge in [-0.05, 0) is 17.7 Å². The molecule has 114 valence electrons. The number of carbonyl (C=O) groups is 3. The van der Waals surface area contributed by atoms with Gasteiger partial charge in [0.25, 0.3) is 0 Å². The van der Waals surface area contributed by atoms with Gasteiger partial charge in [0, 0.05) is 0 Å². The summed E-state index contributed by atoms with van der Waals surface area (Å²) in [6, 6.07) is 7.87. The van der Waals surface area contributed by atoms with Crippen LogP contribution in [0.4, 0.5) is 4.79 Å². The van der Waals surface area contributed by atoms with E-state index >= 15 is 0 Å². The Hall–Kier alpha value is -3.08. The summed E-state index contributed by atoms with van der Waals surface area (Å²) in [5.74, 6) is -1.19. The molecule has 3 N–H and O–H groups in total. The van der Waals surface area contributed by atoms with Crippen LogP contribution in [0, 0.1) is 11.3 Å². The van der Waals surface area contributed by atoms with Gasteiger partial charge in [0.15, 0.2) is 0 Å². The van der Waals surface area contributed by atoms with E-state index < -0.39 is 23.9 Å². The highest BCUT2D eigenvalue weighted by atomic mass is 16.6. The third-order valence-corrected chi connectivity index (χ3v) is 3.12. The number of carbonyl (C=O) groups excluding carboxylic acids is 3. The highest BCUT2D eigenvalue weighted by Crippen LogP contribution is 2.17. The Morgan fingerprint density at radius 2 is 2.27 bits per heavy atom. The first-order chi connectivity index (χ1) is 10.5. The molecule has 1 heterocycles. The van der Waals surface area contributed by atoms with Crippen molar-refractivity contribution in [2.24, 2.45) is 5.73 Å². The second-order valence-corrected chi connectivity index (χ2v) is 4.72. The number of nitrogens with two attached hydrogens (primary N) is 1. The van der Waals surface area contributed by atoms with Gasteiger partial charge < -0.3 is 15.8 Å². The molecule has 2 rings (SSSR count). The van der Waals surface area contributed by atoms with Gasteiger partial charge in [-0.15, -0.1) is 0 Å². The third-order valence-electron chi connectivity index (χ3n) is 3.12. The van der Waals surface area contributed by atoms with E-state index in [1.54, 1.807) is 24.3 Å². The molecular formula is C14H14N4O4. The molecule has 1 saturated heterocycles. The van der Waals surface area contributed by atoms with Crippen LogP contribution in [0.1, 0.15) is 11.1 Å². The second-order valence-electron chi connectivity index (χ2n) is 4.72. The van der Waals surface area contributed by atoms with E-state index in [-0.39, 0.29) is 19.7 Å². The van der Waals surface area contributed by atoms with Crippen LogP contribution in [0.25, 0.3) is 0 Å². The number of amides is 3. The monoisotopic (exact) mass is 302 g/mol. The highest BCUT2D eigenvalue weighted by Gasteiger charge is 2.37. The maximum absolute atomic E-state index is 12.0. The van der Waals surface area contributed by atoms with Crippen LogP contribution in [-0.2, 0) is 20.9 Å². The molecule has 0 bridgehead atoms. The number of primary amides is 1. The molecule has 0 saturated carbocycles. The summed E-state index contributed by atoms with van der Waals surface area (Å²) in [4.78, 5) is 35.7. The Bertz CT molecular complexity index is 652. The van der Waals surface area contributed by atoms with Crippen molar-refractivity contribution in [3.05, 3.63) is 35.4 Å². The van der Waals surface area contributed by atoms with E-state index in [4.69, 9.17) is 15.7 Å². The van der Waals surface area contributed by atoms with Gasteiger partial charge in [0.2, 0.25) is 11.8 Å². The predicted octanol–water partition coefficient (Wildman–Crippen LogP) is -0.519. The molecule has 3 amide bonds. The maximum Gasteiger partial charge on any atom is 0.410 e. The fourth-order valence-corrected chi connectivity index (χ4v) is 2.07. The summed E-state index contributed by atoms with van der Waals surface area (Å²) in [6.45, 7) is -0.272. The Kier molecular flexibility index (Phi) is 4.58. The number of nitriles is 1. The average molecular weight is 302 g/mol. The van der Waals surface area contributed by atoms with E-state index in [1.165, 1.54) is 4.90 Å². The molecule has 0 spiro atoms. The Morgan fingerprint density at radius 3 is 2.95 bits per heavy atom. The van der Waals surface area contributed by atoms with Crippen molar-refractivity contribution in [3.63, 3.8) is 0 Å². The van der Waals surface area contributed by atoms with E-state index in [0.29, 0.717) is 11.1 Å². The fourth-order valence-electron chi connectivity index (χ4n) is 2.07. The number of nitrogens with zero attached hydrogens (tertiary/aromatic N) is 2.